The molecule has 92 valence electrons. The van der Waals surface area contributed by atoms with Gasteiger partial charge in [0.15, 0.2) is 0 Å². The van der Waals surface area contributed by atoms with Gasteiger partial charge < -0.3 is 10.3 Å². The van der Waals surface area contributed by atoms with Gasteiger partial charge in [-0.05, 0) is 37.0 Å². The number of aromatic nitrogens is 2. The third kappa shape index (κ3) is 2.72. The van der Waals surface area contributed by atoms with E-state index in [9.17, 15) is 0 Å². The lowest BCUT2D eigenvalue weighted by Crippen LogP contribution is -2.04. The number of nitrogen functional groups attached to an aromatic ring is 1. The van der Waals surface area contributed by atoms with Crippen molar-refractivity contribution in [1.29, 1.82) is 0 Å². The van der Waals surface area contributed by atoms with Crippen molar-refractivity contribution < 1.29 is 0 Å². The number of hydrogen-bond donors (Lipinski definition) is 1. The van der Waals surface area contributed by atoms with E-state index in [0.29, 0.717) is 11.0 Å². The lowest BCUT2D eigenvalue weighted by atomic mass is 10.1. The molecule has 0 saturated carbocycles. The van der Waals surface area contributed by atoms with Gasteiger partial charge in [-0.1, -0.05) is 25.4 Å². The van der Waals surface area contributed by atoms with Crippen LogP contribution in [-0.4, -0.2) is 9.55 Å². The highest BCUT2D eigenvalue weighted by atomic mass is 35.5. The number of nitrogens with two attached hydrogens (primary N) is 1. The fraction of sp³-hybridized carbons (Fsp3) is 0.462. The highest BCUT2D eigenvalue weighted by Gasteiger charge is 2.08. The van der Waals surface area contributed by atoms with Crippen molar-refractivity contribution >= 4 is 28.6 Å². The molecule has 1 aromatic heterocycles. The number of benzene rings is 1. The molecule has 1 heterocycles. The highest BCUT2D eigenvalue weighted by molar-refractivity contribution is 6.31. The first-order valence-corrected chi connectivity index (χ1v) is 6.37. The summed E-state index contributed by atoms with van der Waals surface area (Å²) in [5.74, 6) is 1.30. The van der Waals surface area contributed by atoms with E-state index in [1.807, 2.05) is 18.2 Å². The average molecular weight is 252 g/mol. The summed E-state index contributed by atoms with van der Waals surface area (Å²) in [6, 6.07) is 5.71. The van der Waals surface area contributed by atoms with Gasteiger partial charge in [0.1, 0.15) is 0 Å². The van der Waals surface area contributed by atoms with Crippen molar-refractivity contribution in [3.05, 3.63) is 23.2 Å². The maximum Gasteiger partial charge on any atom is 0.201 e. The highest BCUT2D eigenvalue weighted by Crippen LogP contribution is 2.22. The Kier molecular flexibility index (Phi) is 3.57. The monoisotopic (exact) mass is 251 g/mol. The van der Waals surface area contributed by atoms with Gasteiger partial charge in [0.05, 0.1) is 11.0 Å². The van der Waals surface area contributed by atoms with Crippen molar-refractivity contribution in [2.45, 2.75) is 33.2 Å². The Labute approximate surface area is 107 Å². The van der Waals surface area contributed by atoms with Gasteiger partial charge in [-0.2, -0.15) is 0 Å². The van der Waals surface area contributed by atoms with Gasteiger partial charge in [0.2, 0.25) is 5.95 Å². The van der Waals surface area contributed by atoms with Crippen LogP contribution in [0.15, 0.2) is 18.2 Å². The van der Waals surface area contributed by atoms with Crippen molar-refractivity contribution in [2.24, 2.45) is 5.92 Å². The largest absolute Gasteiger partial charge is 0.369 e. The van der Waals surface area contributed by atoms with E-state index in [2.05, 4.69) is 23.4 Å². The Bertz CT molecular complexity index is 517. The van der Waals surface area contributed by atoms with Gasteiger partial charge >= 0.3 is 0 Å². The van der Waals surface area contributed by atoms with Crippen LogP contribution in [0, 0.1) is 5.92 Å². The zero-order valence-corrected chi connectivity index (χ0v) is 11.0. The summed E-state index contributed by atoms with van der Waals surface area (Å²) in [6.07, 6.45) is 2.32. The third-order valence-electron chi connectivity index (χ3n) is 2.90. The van der Waals surface area contributed by atoms with Crippen LogP contribution < -0.4 is 5.73 Å². The summed E-state index contributed by atoms with van der Waals surface area (Å²) in [4.78, 5) is 4.33. The summed E-state index contributed by atoms with van der Waals surface area (Å²) < 4.78 is 2.06. The van der Waals surface area contributed by atoms with Crippen LogP contribution in [0.2, 0.25) is 5.02 Å². The zero-order valence-electron chi connectivity index (χ0n) is 10.3. The predicted molar refractivity (Wildman–Crippen MR) is 73.2 cm³/mol. The number of hydrogen-bond acceptors (Lipinski definition) is 2. The molecule has 0 bridgehead atoms. The van der Waals surface area contributed by atoms with Gasteiger partial charge in [0, 0.05) is 11.6 Å². The SMILES string of the molecule is CC(C)CCCn1c(N)nc2cc(Cl)ccc21. The summed E-state index contributed by atoms with van der Waals surface area (Å²) in [5.41, 5.74) is 7.87. The summed E-state index contributed by atoms with van der Waals surface area (Å²) >= 11 is 5.94. The molecule has 2 rings (SSSR count). The fourth-order valence-electron chi connectivity index (χ4n) is 2.01. The molecule has 4 heteroatoms. The van der Waals surface area contributed by atoms with Crippen molar-refractivity contribution in [3.63, 3.8) is 0 Å². The van der Waals surface area contributed by atoms with Gasteiger partial charge in [-0.15, -0.1) is 0 Å². The summed E-state index contributed by atoms with van der Waals surface area (Å²) in [6.45, 7) is 5.38. The van der Waals surface area contributed by atoms with E-state index < -0.39 is 0 Å². The fourth-order valence-corrected chi connectivity index (χ4v) is 2.18. The number of anilines is 1. The number of rotatable bonds is 4. The van der Waals surface area contributed by atoms with Crippen molar-refractivity contribution in [3.8, 4) is 0 Å². The van der Waals surface area contributed by atoms with Crippen LogP contribution in [-0.2, 0) is 6.54 Å². The first-order chi connectivity index (χ1) is 8.08. The second kappa shape index (κ2) is 4.96. The van der Waals surface area contributed by atoms with Crippen LogP contribution in [0.25, 0.3) is 11.0 Å². The molecule has 0 radical (unpaired) electrons. The molecular weight excluding hydrogens is 234 g/mol. The van der Waals surface area contributed by atoms with E-state index >= 15 is 0 Å². The second-order valence-corrected chi connectivity index (χ2v) is 5.23. The van der Waals surface area contributed by atoms with Crippen molar-refractivity contribution in [2.75, 3.05) is 5.73 Å². The van der Waals surface area contributed by atoms with Gasteiger partial charge in [-0.3, -0.25) is 0 Å². The average Bonchev–Trinajstić information content (AvgIpc) is 2.54. The molecule has 0 unspecified atom stereocenters. The topological polar surface area (TPSA) is 43.8 Å². The molecule has 0 atom stereocenters. The Balaban J connectivity index is 2.24. The van der Waals surface area contributed by atoms with Crippen LogP contribution in [0.5, 0.6) is 0 Å². The lowest BCUT2D eigenvalue weighted by molar-refractivity contribution is 0.519. The van der Waals surface area contributed by atoms with E-state index in [0.717, 1.165) is 29.9 Å². The number of fused-ring (bicyclic) bond motifs is 1. The van der Waals surface area contributed by atoms with Gasteiger partial charge in [-0.25, -0.2) is 4.98 Å². The second-order valence-electron chi connectivity index (χ2n) is 4.79. The molecule has 17 heavy (non-hydrogen) atoms. The summed E-state index contributed by atoms with van der Waals surface area (Å²) in [7, 11) is 0. The van der Waals surface area contributed by atoms with Crippen LogP contribution in [0.3, 0.4) is 0 Å². The quantitative estimate of drug-likeness (QED) is 0.900. The molecule has 0 aliphatic carbocycles. The smallest absolute Gasteiger partial charge is 0.201 e. The molecule has 0 fully saturated rings. The molecular formula is C13H18ClN3. The molecule has 2 N–H and O–H groups in total. The molecule has 0 aliphatic rings. The lowest BCUT2D eigenvalue weighted by Gasteiger charge is -2.08. The predicted octanol–water partition coefficient (Wildman–Crippen LogP) is 3.71. The molecule has 0 amide bonds. The molecule has 0 spiro atoms. The van der Waals surface area contributed by atoms with Gasteiger partial charge in [0.25, 0.3) is 0 Å². The van der Waals surface area contributed by atoms with E-state index in [1.165, 1.54) is 6.42 Å². The Morgan fingerprint density at radius 1 is 1.41 bits per heavy atom. The minimum Gasteiger partial charge on any atom is -0.369 e. The molecule has 2 aromatic rings. The Hall–Kier alpha value is -1.22. The molecule has 1 aromatic carbocycles. The van der Waals surface area contributed by atoms with Crippen LogP contribution >= 0.6 is 11.6 Å². The van der Waals surface area contributed by atoms with E-state index in [-0.39, 0.29) is 0 Å². The van der Waals surface area contributed by atoms with E-state index in [4.69, 9.17) is 17.3 Å². The maximum absolute atomic E-state index is 5.94. The van der Waals surface area contributed by atoms with Crippen LogP contribution in [0.1, 0.15) is 26.7 Å². The molecule has 0 saturated heterocycles. The number of aryl methyl sites for hydroxylation is 1. The van der Waals surface area contributed by atoms with Crippen LogP contribution in [0.4, 0.5) is 5.95 Å². The molecule has 0 aliphatic heterocycles. The number of halogens is 1. The number of nitrogens with zero attached hydrogens (tertiary/aromatic N) is 2. The van der Waals surface area contributed by atoms with E-state index in [1.54, 1.807) is 0 Å². The standard InChI is InChI=1S/C13H18ClN3/c1-9(2)4-3-7-17-12-6-5-10(14)8-11(12)16-13(17)15/h5-6,8-9H,3-4,7H2,1-2H3,(H2,15,16). The zero-order chi connectivity index (χ0) is 12.4. The third-order valence-corrected chi connectivity index (χ3v) is 3.14. The molecule has 3 nitrogen and oxygen atoms in total. The maximum atomic E-state index is 5.94. The minimum absolute atomic E-state index is 0.575. The first kappa shape index (κ1) is 12.2. The minimum atomic E-state index is 0.575. The van der Waals surface area contributed by atoms with Crippen molar-refractivity contribution in [1.82, 2.24) is 9.55 Å². The Morgan fingerprint density at radius 3 is 2.88 bits per heavy atom. The normalized spacial score (nSPS) is 11.5. The first-order valence-electron chi connectivity index (χ1n) is 5.99. The Morgan fingerprint density at radius 2 is 2.18 bits per heavy atom. The number of imidazole rings is 1. The summed E-state index contributed by atoms with van der Waals surface area (Å²) in [5, 5.41) is 0.698.